The topological polar surface area (TPSA) is 46.3 Å². The molecule has 0 aliphatic carbocycles. The van der Waals surface area contributed by atoms with E-state index in [0.717, 1.165) is 15.6 Å². The van der Waals surface area contributed by atoms with Gasteiger partial charge < -0.3 is 9.52 Å². The van der Waals surface area contributed by atoms with Crippen LogP contribution in [0.25, 0.3) is 11.1 Å². The maximum absolute atomic E-state index is 10.3. The molecule has 1 atom stereocenters. The zero-order valence-electron chi connectivity index (χ0n) is 10.4. The number of halogens is 2. The predicted molar refractivity (Wildman–Crippen MR) is 81.8 cm³/mol. The molecule has 1 heterocycles. The Morgan fingerprint density at radius 3 is 2.85 bits per heavy atom. The predicted octanol–water partition coefficient (Wildman–Crippen LogP) is 4.52. The van der Waals surface area contributed by atoms with Crippen molar-refractivity contribution in [2.45, 2.75) is 12.5 Å². The van der Waals surface area contributed by atoms with Gasteiger partial charge in [-0.25, -0.2) is 4.98 Å². The van der Waals surface area contributed by atoms with Gasteiger partial charge in [0.1, 0.15) is 5.52 Å². The molecule has 3 nitrogen and oxygen atoms in total. The molecule has 1 N–H and O–H groups in total. The van der Waals surface area contributed by atoms with Crippen molar-refractivity contribution in [1.29, 1.82) is 0 Å². The molecular weight excluding hydrogens is 342 g/mol. The number of rotatable bonds is 3. The summed E-state index contributed by atoms with van der Waals surface area (Å²) in [4.78, 5) is 4.35. The van der Waals surface area contributed by atoms with E-state index in [0.29, 0.717) is 16.5 Å². The summed E-state index contributed by atoms with van der Waals surface area (Å²) in [5.74, 6) is 0.495. The van der Waals surface area contributed by atoms with Crippen LogP contribution in [-0.2, 0) is 6.42 Å². The van der Waals surface area contributed by atoms with Crippen molar-refractivity contribution in [1.82, 2.24) is 4.98 Å². The van der Waals surface area contributed by atoms with Crippen LogP contribution in [-0.4, -0.2) is 10.1 Å². The van der Waals surface area contributed by atoms with Crippen LogP contribution in [0.15, 0.2) is 51.4 Å². The van der Waals surface area contributed by atoms with Gasteiger partial charge in [0, 0.05) is 15.1 Å². The van der Waals surface area contributed by atoms with Gasteiger partial charge in [-0.1, -0.05) is 39.7 Å². The van der Waals surface area contributed by atoms with Crippen molar-refractivity contribution in [2.75, 3.05) is 0 Å². The Kier molecular flexibility index (Phi) is 3.78. The number of hydrogen-bond acceptors (Lipinski definition) is 3. The van der Waals surface area contributed by atoms with E-state index in [9.17, 15) is 5.11 Å². The molecule has 3 aromatic rings. The molecule has 20 heavy (non-hydrogen) atoms. The molecule has 0 radical (unpaired) electrons. The standard InChI is InChI=1S/C15H11BrClNO2/c16-9-5-6-11(17)10(7-9)13(19)8-15-18-12-3-1-2-4-14(12)20-15/h1-7,13,19H,8H2. The van der Waals surface area contributed by atoms with Gasteiger partial charge in [-0.3, -0.25) is 0 Å². The van der Waals surface area contributed by atoms with Crippen LogP contribution in [0.5, 0.6) is 0 Å². The molecule has 0 amide bonds. The van der Waals surface area contributed by atoms with E-state index in [4.69, 9.17) is 16.0 Å². The number of benzene rings is 2. The molecule has 1 aromatic heterocycles. The van der Waals surface area contributed by atoms with E-state index in [1.165, 1.54) is 0 Å². The molecule has 2 aromatic carbocycles. The quantitative estimate of drug-likeness (QED) is 0.754. The molecule has 102 valence electrons. The molecule has 0 saturated heterocycles. The van der Waals surface area contributed by atoms with Crippen LogP contribution in [0.3, 0.4) is 0 Å². The molecule has 0 aliphatic rings. The SMILES string of the molecule is OC(Cc1nc2ccccc2o1)c1cc(Br)ccc1Cl. The summed E-state index contributed by atoms with van der Waals surface area (Å²) in [5.41, 5.74) is 2.16. The Bertz CT molecular complexity index is 723. The van der Waals surface area contributed by atoms with E-state index in [-0.39, 0.29) is 6.42 Å². The molecule has 3 rings (SSSR count). The zero-order valence-corrected chi connectivity index (χ0v) is 12.7. The Balaban J connectivity index is 1.88. The first kappa shape index (κ1) is 13.6. The summed E-state index contributed by atoms with van der Waals surface area (Å²) in [6, 6.07) is 12.9. The number of oxazole rings is 1. The van der Waals surface area contributed by atoms with Gasteiger partial charge in [-0.2, -0.15) is 0 Å². The summed E-state index contributed by atoms with van der Waals surface area (Å²) in [6.07, 6.45) is -0.474. The van der Waals surface area contributed by atoms with Crippen molar-refractivity contribution in [3.63, 3.8) is 0 Å². The Morgan fingerprint density at radius 2 is 2.05 bits per heavy atom. The van der Waals surface area contributed by atoms with E-state index in [2.05, 4.69) is 20.9 Å². The lowest BCUT2D eigenvalue weighted by Gasteiger charge is -2.11. The monoisotopic (exact) mass is 351 g/mol. The fraction of sp³-hybridized carbons (Fsp3) is 0.133. The van der Waals surface area contributed by atoms with Crippen molar-refractivity contribution < 1.29 is 9.52 Å². The molecule has 0 fully saturated rings. The van der Waals surface area contributed by atoms with Crippen LogP contribution in [0.1, 0.15) is 17.6 Å². The van der Waals surface area contributed by atoms with Gasteiger partial charge in [-0.15, -0.1) is 0 Å². The minimum absolute atomic E-state index is 0.283. The zero-order chi connectivity index (χ0) is 14.1. The number of hydrogen-bond donors (Lipinski definition) is 1. The van der Waals surface area contributed by atoms with Crippen LogP contribution in [0.2, 0.25) is 5.02 Å². The van der Waals surface area contributed by atoms with Gasteiger partial charge in [0.25, 0.3) is 0 Å². The first-order chi connectivity index (χ1) is 9.63. The van der Waals surface area contributed by atoms with Crippen LogP contribution < -0.4 is 0 Å². The molecule has 0 saturated carbocycles. The fourth-order valence-electron chi connectivity index (χ4n) is 2.05. The third kappa shape index (κ3) is 2.73. The van der Waals surface area contributed by atoms with E-state index < -0.39 is 6.10 Å². The Morgan fingerprint density at radius 1 is 1.25 bits per heavy atom. The lowest BCUT2D eigenvalue weighted by molar-refractivity contribution is 0.169. The second-order valence-corrected chi connectivity index (χ2v) is 5.78. The lowest BCUT2D eigenvalue weighted by atomic mass is 10.1. The Hall–Kier alpha value is -1.36. The molecule has 0 aliphatic heterocycles. The highest BCUT2D eigenvalue weighted by Crippen LogP contribution is 2.29. The Labute approximate surface area is 129 Å². The largest absolute Gasteiger partial charge is 0.441 e. The number of fused-ring (bicyclic) bond motifs is 1. The second kappa shape index (κ2) is 5.56. The molecular formula is C15H11BrClNO2. The van der Waals surface area contributed by atoms with Crippen molar-refractivity contribution in [3.05, 3.63) is 63.4 Å². The number of aromatic nitrogens is 1. The van der Waals surface area contributed by atoms with Gasteiger partial charge in [0.2, 0.25) is 0 Å². The third-order valence-electron chi connectivity index (χ3n) is 3.02. The summed E-state index contributed by atoms with van der Waals surface area (Å²) < 4.78 is 6.47. The number of para-hydroxylation sites is 2. The first-order valence-electron chi connectivity index (χ1n) is 6.11. The highest BCUT2D eigenvalue weighted by Gasteiger charge is 2.16. The van der Waals surface area contributed by atoms with Crippen LogP contribution >= 0.6 is 27.5 Å². The van der Waals surface area contributed by atoms with Crippen molar-refractivity contribution >= 4 is 38.6 Å². The number of aliphatic hydroxyl groups is 1. The van der Waals surface area contributed by atoms with Crippen LogP contribution in [0.4, 0.5) is 0 Å². The first-order valence-corrected chi connectivity index (χ1v) is 7.28. The minimum Gasteiger partial charge on any atom is -0.441 e. The summed E-state index contributed by atoms with van der Waals surface area (Å²) in [7, 11) is 0. The maximum Gasteiger partial charge on any atom is 0.198 e. The van der Waals surface area contributed by atoms with E-state index in [1.54, 1.807) is 12.1 Å². The number of nitrogens with zero attached hydrogens (tertiary/aromatic N) is 1. The number of aliphatic hydroxyl groups excluding tert-OH is 1. The molecule has 0 spiro atoms. The van der Waals surface area contributed by atoms with Crippen molar-refractivity contribution in [2.24, 2.45) is 0 Å². The second-order valence-electron chi connectivity index (χ2n) is 4.46. The normalized spacial score (nSPS) is 12.8. The van der Waals surface area contributed by atoms with Gasteiger partial charge in [0.15, 0.2) is 11.5 Å². The highest BCUT2D eigenvalue weighted by molar-refractivity contribution is 9.10. The maximum atomic E-state index is 10.3. The van der Waals surface area contributed by atoms with E-state index in [1.807, 2.05) is 30.3 Å². The van der Waals surface area contributed by atoms with Gasteiger partial charge in [0.05, 0.1) is 12.5 Å². The lowest BCUT2D eigenvalue weighted by Crippen LogP contribution is -2.03. The third-order valence-corrected chi connectivity index (χ3v) is 3.86. The molecule has 1 unspecified atom stereocenters. The summed E-state index contributed by atoms with van der Waals surface area (Å²) in [6.45, 7) is 0. The molecule has 0 bridgehead atoms. The van der Waals surface area contributed by atoms with E-state index >= 15 is 0 Å². The summed E-state index contributed by atoms with van der Waals surface area (Å²) >= 11 is 9.47. The molecule has 5 heteroatoms. The van der Waals surface area contributed by atoms with Crippen LogP contribution in [0, 0.1) is 0 Å². The minimum atomic E-state index is -0.756. The van der Waals surface area contributed by atoms with Crippen molar-refractivity contribution in [3.8, 4) is 0 Å². The average Bonchev–Trinajstić information content (AvgIpc) is 2.83. The smallest absolute Gasteiger partial charge is 0.198 e. The average molecular weight is 353 g/mol. The highest BCUT2D eigenvalue weighted by atomic mass is 79.9. The summed E-state index contributed by atoms with van der Waals surface area (Å²) in [5, 5.41) is 10.8. The van der Waals surface area contributed by atoms with Gasteiger partial charge in [-0.05, 0) is 30.3 Å². The van der Waals surface area contributed by atoms with Gasteiger partial charge >= 0.3 is 0 Å². The fourth-order valence-corrected chi connectivity index (χ4v) is 2.67.